The van der Waals surface area contributed by atoms with Gasteiger partial charge in [0.25, 0.3) is 0 Å². The molecule has 0 radical (unpaired) electrons. The molecular weight excluding hydrogens is 291 g/mol. The fraction of sp³-hybridized carbons (Fsp3) is 0.182. The fourth-order valence-corrected chi connectivity index (χ4v) is 1.39. The molecule has 1 rings (SSSR count). The lowest BCUT2D eigenvalue weighted by molar-refractivity contribution is -0.134. The van der Waals surface area contributed by atoms with Gasteiger partial charge in [-0.05, 0) is 52.8 Å². The van der Waals surface area contributed by atoms with Gasteiger partial charge in [-0.15, -0.1) is 0 Å². The Labute approximate surface area is 97.1 Å². The number of carbonyl (C=O) groups is 1. The van der Waals surface area contributed by atoms with E-state index in [-0.39, 0.29) is 5.97 Å². The Balaban J connectivity index is 2.89. The lowest BCUT2D eigenvalue weighted by atomic mass is 10.1. The minimum Gasteiger partial charge on any atom is -0.466 e. The Bertz CT molecular complexity index is 352. The third-order valence-electron chi connectivity index (χ3n) is 1.84. The van der Waals surface area contributed by atoms with Crippen molar-refractivity contribution in [3.63, 3.8) is 0 Å². The van der Waals surface area contributed by atoms with Crippen molar-refractivity contribution in [2.24, 2.45) is 0 Å². The first-order chi connectivity index (χ1) is 6.63. The topological polar surface area (TPSA) is 26.3 Å². The van der Waals surface area contributed by atoms with Gasteiger partial charge in [-0.2, -0.15) is 0 Å². The molecule has 3 heteroatoms. The monoisotopic (exact) mass is 302 g/mol. The summed E-state index contributed by atoms with van der Waals surface area (Å²) in [6.45, 7) is 1.89. The van der Waals surface area contributed by atoms with Crippen LogP contribution >= 0.6 is 22.6 Å². The first-order valence-corrected chi connectivity index (χ1v) is 5.23. The van der Waals surface area contributed by atoms with Crippen molar-refractivity contribution >= 4 is 34.1 Å². The van der Waals surface area contributed by atoms with Crippen molar-refractivity contribution in [2.45, 2.75) is 6.92 Å². The summed E-state index contributed by atoms with van der Waals surface area (Å²) in [6, 6.07) is 7.97. The van der Waals surface area contributed by atoms with Crippen molar-refractivity contribution < 1.29 is 9.53 Å². The number of esters is 1. The molecule has 0 heterocycles. The summed E-state index contributed by atoms with van der Waals surface area (Å²) < 4.78 is 5.73. The van der Waals surface area contributed by atoms with Crippen LogP contribution in [0.25, 0.3) is 5.57 Å². The van der Waals surface area contributed by atoms with Crippen molar-refractivity contribution in [2.75, 3.05) is 7.11 Å². The minimum atomic E-state index is -0.318. The first-order valence-electron chi connectivity index (χ1n) is 4.15. The summed E-state index contributed by atoms with van der Waals surface area (Å²) in [5.41, 5.74) is 1.95. The van der Waals surface area contributed by atoms with E-state index in [1.165, 1.54) is 16.8 Å². The molecule has 0 unspecified atom stereocenters. The predicted molar refractivity (Wildman–Crippen MR) is 64.8 cm³/mol. The molecule has 0 amide bonds. The van der Waals surface area contributed by atoms with Crippen LogP contribution in [0.5, 0.6) is 0 Å². The first kappa shape index (κ1) is 11.2. The van der Waals surface area contributed by atoms with E-state index in [1.54, 1.807) is 0 Å². The van der Waals surface area contributed by atoms with Crippen LogP contribution in [0.3, 0.4) is 0 Å². The van der Waals surface area contributed by atoms with E-state index in [2.05, 4.69) is 27.3 Å². The zero-order chi connectivity index (χ0) is 10.6. The maximum atomic E-state index is 11.0. The lowest BCUT2D eigenvalue weighted by Crippen LogP contribution is -1.95. The van der Waals surface area contributed by atoms with E-state index in [4.69, 9.17) is 0 Å². The molecule has 0 N–H and O–H groups in total. The molecule has 0 fully saturated rings. The van der Waals surface area contributed by atoms with Crippen molar-refractivity contribution in [3.8, 4) is 0 Å². The van der Waals surface area contributed by atoms with Gasteiger partial charge < -0.3 is 4.74 Å². The van der Waals surface area contributed by atoms with Crippen LogP contribution in [0.4, 0.5) is 0 Å². The summed E-state index contributed by atoms with van der Waals surface area (Å²) in [7, 11) is 1.38. The quantitative estimate of drug-likeness (QED) is 0.477. The largest absolute Gasteiger partial charge is 0.466 e. The molecule has 0 aliphatic heterocycles. The van der Waals surface area contributed by atoms with Crippen LogP contribution in [0, 0.1) is 3.57 Å². The Kier molecular flexibility index (Phi) is 4.13. The molecule has 0 saturated carbocycles. The van der Waals surface area contributed by atoms with Crippen molar-refractivity contribution in [3.05, 3.63) is 39.5 Å². The second-order valence-corrected chi connectivity index (χ2v) is 4.10. The van der Waals surface area contributed by atoms with Gasteiger partial charge in [-0.3, -0.25) is 0 Å². The fourth-order valence-electron chi connectivity index (χ4n) is 1.03. The maximum Gasteiger partial charge on any atom is 0.330 e. The minimum absolute atomic E-state index is 0.318. The summed E-state index contributed by atoms with van der Waals surface area (Å²) >= 11 is 2.24. The maximum absolute atomic E-state index is 11.0. The molecule has 0 saturated heterocycles. The lowest BCUT2D eigenvalue weighted by Gasteiger charge is -2.00. The highest BCUT2D eigenvalue weighted by atomic mass is 127. The third kappa shape index (κ3) is 3.14. The average Bonchev–Trinajstić information content (AvgIpc) is 2.18. The SMILES string of the molecule is COC(=O)/C=C(/C)c1ccc(I)cc1. The zero-order valence-corrected chi connectivity index (χ0v) is 10.2. The molecule has 0 aliphatic carbocycles. The smallest absolute Gasteiger partial charge is 0.330 e. The predicted octanol–water partition coefficient (Wildman–Crippen LogP) is 2.87. The van der Waals surface area contributed by atoms with Gasteiger partial charge in [0.15, 0.2) is 0 Å². The molecular formula is C11H11IO2. The zero-order valence-electron chi connectivity index (χ0n) is 8.08. The number of hydrogen-bond donors (Lipinski definition) is 0. The molecule has 1 aromatic rings. The van der Waals surface area contributed by atoms with Gasteiger partial charge in [0.05, 0.1) is 7.11 Å². The number of halogens is 1. The molecule has 2 nitrogen and oxygen atoms in total. The van der Waals surface area contributed by atoms with E-state index in [0.29, 0.717) is 0 Å². The van der Waals surface area contributed by atoms with E-state index >= 15 is 0 Å². The Morgan fingerprint density at radius 1 is 1.36 bits per heavy atom. The molecule has 0 atom stereocenters. The van der Waals surface area contributed by atoms with E-state index < -0.39 is 0 Å². The van der Waals surface area contributed by atoms with Gasteiger partial charge in [0, 0.05) is 9.65 Å². The van der Waals surface area contributed by atoms with E-state index in [9.17, 15) is 4.79 Å². The van der Waals surface area contributed by atoms with E-state index in [1.807, 2.05) is 31.2 Å². The Morgan fingerprint density at radius 2 is 1.93 bits per heavy atom. The number of rotatable bonds is 2. The second kappa shape index (κ2) is 5.14. The molecule has 0 spiro atoms. The Hall–Kier alpha value is -0.840. The standard InChI is InChI=1S/C11H11IO2/c1-8(7-11(13)14-2)9-3-5-10(12)6-4-9/h3-7H,1-2H3/b8-7-. The van der Waals surface area contributed by atoms with Crippen LogP contribution in [0.2, 0.25) is 0 Å². The number of carbonyl (C=O) groups excluding carboxylic acids is 1. The number of hydrogen-bond acceptors (Lipinski definition) is 2. The summed E-state index contributed by atoms with van der Waals surface area (Å²) in [6.07, 6.45) is 1.49. The summed E-state index contributed by atoms with van der Waals surface area (Å²) in [4.78, 5) is 11.0. The number of ether oxygens (including phenoxy) is 1. The van der Waals surface area contributed by atoms with Crippen LogP contribution in [-0.2, 0) is 9.53 Å². The average molecular weight is 302 g/mol. The van der Waals surface area contributed by atoms with Gasteiger partial charge in [-0.25, -0.2) is 4.79 Å². The normalized spacial score (nSPS) is 11.2. The van der Waals surface area contributed by atoms with Gasteiger partial charge in [-0.1, -0.05) is 12.1 Å². The van der Waals surface area contributed by atoms with Gasteiger partial charge in [0.1, 0.15) is 0 Å². The highest BCUT2D eigenvalue weighted by Crippen LogP contribution is 2.15. The third-order valence-corrected chi connectivity index (χ3v) is 2.55. The Morgan fingerprint density at radius 3 is 2.43 bits per heavy atom. The van der Waals surface area contributed by atoms with Crippen molar-refractivity contribution in [1.82, 2.24) is 0 Å². The van der Waals surface area contributed by atoms with Crippen LogP contribution in [-0.4, -0.2) is 13.1 Å². The second-order valence-electron chi connectivity index (χ2n) is 2.86. The highest BCUT2D eigenvalue weighted by Gasteiger charge is 1.99. The van der Waals surface area contributed by atoms with Crippen LogP contribution in [0.15, 0.2) is 30.3 Å². The number of allylic oxidation sites excluding steroid dienone is 1. The highest BCUT2D eigenvalue weighted by molar-refractivity contribution is 14.1. The number of methoxy groups -OCH3 is 1. The van der Waals surface area contributed by atoms with Crippen LogP contribution in [0.1, 0.15) is 12.5 Å². The van der Waals surface area contributed by atoms with Gasteiger partial charge >= 0.3 is 5.97 Å². The molecule has 1 aromatic carbocycles. The molecule has 0 aromatic heterocycles. The van der Waals surface area contributed by atoms with E-state index in [0.717, 1.165) is 11.1 Å². The molecule has 14 heavy (non-hydrogen) atoms. The molecule has 74 valence electrons. The van der Waals surface area contributed by atoms with Crippen molar-refractivity contribution in [1.29, 1.82) is 0 Å². The molecule has 0 bridgehead atoms. The summed E-state index contributed by atoms with van der Waals surface area (Å²) in [5.74, 6) is -0.318. The van der Waals surface area contributed by atoms with Gasteiger partial charge in [0.2, 0.25) is 0 Å². The summed E-state index contributed by atoms with van der Waals surface area (Å²) in [5, 5.41) is 0. The molecule has 0 aliphatic rings. The van der Waals surface area contributed by atoms with Crippen LogP contribution < -0.4 is 0 Å². The number of benzene rings is 1.